The minimum Gasteiger partial charge on any atom is -0.476 e. The van der Waals surface area contributed by atoms with Gasteiger partial charge >= 0.3 is 6.03 Å². The van der Waals surface area contributed by atoms with Gasteiger partial charge in [-0.15, -0.1) is 0 Å². The molecular weight excluding hydrogens is 444 g/mol. The van der Waals surface area contributed by atoms with Gasteiger partial charge in [-0.2, -0.15) is 10.1 Å². The standard InChI is InChI=1S/C26H30N6O3/c1-20-6-5-7-21(16-20)19-28-31-24-17-23(32-11-14-34-15-12-32)18-25(30-24)35-13-10-27-26(33)29-22-8-3-2-4-9-22/h2-9,16-19H,10-15H2,1H3,(H,30,31)(H2,27,29,33)/b28-19+. The molecule has 9 heteroatoms. The van der Waals surface area contributed by atoms with Crippen LogP contribution in [0.5, 0.6) is 5.88 Å². The first-order valence-corrected chi connectivity index (χ1v) is 11.6. The summed E-state index contributed by atoms with van der Waals surface area (Å²) in [4.78, 5) is 18.8. The number of aromatic nitrogens is 1. The highest BCUT2D eigenvalue weighted by atomic mass is 16.5. The maximum Gasteiger partial charge on any atom is 0.319 e. The molecule has 0 saturated carbocycles. The Morgan fingerprint density at radius 2 is 1.94 bits per heavy atom. The van der Waals surface area contributed by atoms with Crippen LogP contribution in [0, 0.1) is 6.92 Å². The first-order chi connectivity index (χ1) is 17.2. The van der Waals surface area contributed by atoms with E-state index >= 15 is 0 Å². The predicted molar refractivity (Wildman–Crippen MR) is 139 cm³/mol. The fourth-order valence-electron chi connectivity index (χ4n) is 3.57. The lowest BCUT2D eigenvalue weighted by molar-refractivity contribution is 0.122. The molecule has 9 nitrogen and oxygen atoms in total. The molecule has 0 atom stereocenters. The fourth-order valence-corrected chi connectivity index (χ4v) is 3.57. The van der Waals surface area contributed by atoms with Crippen molar-refractivity contribution in [3.63, 3.8) is 0 Å². The number of rotatable bonds is 9. The van der Waals surface area contributed by atoms with Gasteiger partial charge in [0.1, 0.15) is 6.61 Å². The Bertz CT molecular complexity index is 1130. The summed E-state index contributed by atoms with van der Waals surface area (Å²) in [5.41, 5.74) is 6.88. The van der Waals surface area contributed by atoms with Crippen molar-refractivity contribution in [1.82, 2.24) is 10.3 Å². The minimum atomic E-state index is -0.289. The molecule has 2 heterocycles. The number of nitrogens with zero attached hydrogens (tertiary/aromatic N) is 3. The van der Waals surface area contributed by atoms with Crippen molar-refractivity contribution < 1.29 is 14.3 Å². The maximum atomic E-state index is 12.1. The zero-order valence-corrected chi connectivity index (χ0v) is 19.7. The molecule has 0 spiro atoms. The molecule has 1 aliphatic heterocycles. The van der Waals surface area contributed by atoms with Crippen molar-refractivity contribution in [3.05, 3.63) is 77.9 Å². The largest absolute Gasteiger partial charge is 0.476 e. The fraction of sp³-hybridized carbons (Fsp3) is 0.269. The highest BCUT2D eigenvalue weighted by Crippen LogP contribution is 2.24. The third kappa shape index (κ3) is 7.72. The molecule has 182 valence electrons. The van der Waals surface area contributed by atoms with Gasteiger partial charge in [0.25, 0.3) is 0 Å². The number of amides is 2. The number of hydrogen-bond donors (Lipinski definition) is 3. The lowest BCUT2D eigenvalue weighted by atomic mass is 10.2. The van der Waals surface area contributed by atoms with Crippen LogP contribution in [-0.4, -0.2) is 56.7 Å². The summed E-state index contributed by atoms with van der Waals surface area (Å²) in [7, 11) is 0. The van der Waals surface area contributed by atoms with Crippen LogP contribution >= 0.6 is 0 Å². The average Bonchev–Trinajstić information content (AvgIpc) is 2.88. The van der Waals surface area contributed by atoms with E-state index in [9.17, 15) is 4.79 Å². The van der Waals surface area contributed by atoms with Crippen LogP contribution in [0.15, 0.2) is 71.8 Å². The number of carbonyl (C=O) groups excluding carboxylic acids is 1. The molecule has 0 bridgehead atoms. The van der Waals surface area contributed by atoms with Crippen molar-refractivity contribution in [2.45, 2.75) is 6.92 Å². The topological polar surface area (TPSA) is 100 Å². The third-order valence-corrected chi connectivity index (χ3v) is 5.27. The first-order valence-electron chi connectivity index (χ1n) is 11.6. The Kier molecular flexibility index (Phi) is 8.50. The average molecular weight is 475 g/mol. The molecule has 1 saturated heterocycles. The molecule has 2 aromatic carbocycles. The van der Waals surface area contributed by atoms with E-state index in [2.05, 4.69) is 37.1 Å². The van der Waals surface area contributed by atoms with Gasteiger partial charge in [-0.1, -0.05) is 48.0 Å². The Hall–Kier alpha value is -4.11. The van der Waals surface area contributed by atoms with Crippen LogP contribution in [0.2, 0.25) is 0 Å². The van der Waals surface area contributed by atoms with Crippen molar-refractivity contribution in [3.8, 4) is 5.88 Å². The Morgan fingerprint density at radius 1 is 1.11 bits per heavy atom. The van der Waals surface area contributed by atoms with E-state index in [1.807, 2.05) is 67.6 Å². The number of aryl methyl sites for hydroxylation is 1. The van der Waals surface area contributed by atoms with Gasteiger partial charge in [0, 0.05) is 36.6 Å². The Morgan fingerprint density at radius 3 is 2.74 bits per heavy atom. The van der Waals surface area contributed by atoms with Crippen LogP contribution in [0.4, 0.5) is 22.0 Å². The summed E-state index contributed by atoms with van der Waals surface area (Å²) in [6, 6.07) is 20.9. The molecule has 3 aromatic rings. The molecule has 2 amide bonds. The summed E-state index contributed by atoms with van der Waals surface area (Å²) in [5.74, 6) is 1.02. The van der Waals surface area contributed by atoms with Gasteiger partial charge in [-0.25, -0.2) is 4.79 Å². The van der Waals surface area contributed by atoms with E-state index < -0.39 is 0 Å². The summed E-state index contributed by atoms with van der Waals surface area (Å²) >= 11 is 0. The van der Waals surface area contributed by atoms with E-state index in [-0.39, 0.29) is 12.6 Å². The van der Waals surface area contributed by atoms with Crippen LogP contribution in [0.3, 0.4) is 0 Å². The number of morpholine rings is 1. The van der Waals surface area contributed by atoms with Crippen molar-refractivity contribution in [2.24, 2.45) is 5.10 Å². The summed E-state index contributed by atoms with van der Waals surface area (Å²) in [6.07, 6.45) is 1.76. The molecule has 0 radical (unpaired) electrons. The van der Waals surface area contributed by atoms with Crippen molar-refractivity contribution in [2.75, 3.05) is 55.1 Å². The number of urea groups is 1. The van der Waals surface area contributed by atoms with Crippen molar-refractivity contribution >= 4 is 29.4 Å². The van der Waals surface area contributed by atoms with E-state index in [1.165, 1.54) is 5.56 Å². The second-order valence-corrected chi connectivity index (χ2v) is 8.03. The number of nitrogens with one attached hydrogen (secondary N) is 3. The van der Waals surface area contributed by atoms with Crippen LogP contribution in [-0.2, 0) is 4.74 Å². The van der Waals surface area contributed by atoms with E-state index in [1.54, 1.807) is 6.21 Å². The number of anilines is 3. The predicted octanol–water partition coefficient (Wildman–Crippen LogP) is 3.87. The number of hydrazone groups is 1. The molecule has 1 aromatic heterocycles. The summed E-state index contributed by atoms with van der Waals surface area (Å²) in [5, 5.41) is 9.90. The molecule has 4 rings (SSSR count). The van der Waals surface area contributed by atoms with Gasteiger partial charge in [0.05, 0.1) is 26.0 Å². The highest BCUT2D eigenvalue weighted by Gasteiger charge is 2.14. The molecule has 1 fully saturated rings. The number of para-hydroxylation sites is 1. The normalized spacial score (nSPS) is 13.5. The van der Waals surface area contributed by atoms with E-state index in [0.29, 0.717) is 31.5 Å². The summed E-state index contributed by atoms with van der Waals surface area (Å²) in [6.45, 7) is 5.57. The van der Waals surface area contributed by atoms with Crippen LogP contribution in [0.1, 0.15) is 11.1 Å². The van der Waals surface area contributed by atoms with Gasteiger partial charge in [-0.3, -0.25) is 5.43 Å². The first kappa shape index (κ1) is 24.0. The molecule has 0 unspecified atom stereocenters. The number of carbonyl (C=O) groups is 1. The van der Waals surface area contributed by atoms with Crippen molar-refractivity contribution in [1.29, 1.82) is 0 Å². The minimum absolute atomic E-state index is 0.272. The molecular formula is C26H30N6O3. The zero-order valence-electron chi connectivity index (χ0n) is 19.7. The maximum absolute atomic E-state index is 12.1. The Labute approximate surface area is 205 Å². The van der Waals surface area contributed by atoms with Gasteiger partial charge in [0.2, 0.25) is 5.88 Å². The second kappa shape index (κ2) is 12.4. The van der Waals surface area contributed by atoms with E-state index in [4.69, 9.17) is 9.47 Å². The second-order valence-electron chi connectivity index (χ2n) is 8.03. The quantitative estimate of drug-likeness (QED) is 0.247. The van der Waals surface area contributed by atoms with E-state index in [0.717, 1.165) is 30.0 Å². The number of benzene rings is 2. The van der Waals surface area contributed by atoms with Crippen LogP contribution in [0.25, 0.3) is 0 Å². The van der Waals surface area contributed by atoms with Gasteiger partial charge < -0.3 is 25.0 Å². The monoisotopic (exact) mass is 474 g/mol. The molecule has 1 aliphatic rings. The molecule has 35 heavy (non-hydrogen) atoms. The number of hydrogen-bond acceptors (Lipinski definition) is 7. The third-order valence-electron chi connectivity index (χ3n) is 5.27. The van der Waals surface area contributed by atoms with Gasteiger partial charge in [-0.05, 0) is 24.6 Å². The lowest BCUT2D eigenvalue weighted by Gasteiger charge is -2.29. The lowest BCUT2D eigenvalue weighted by Crippen LogP contribution is -2.36. The van der Waals surface area contributed by atoms with Crippen LogP contribution < -0.4 is 25.7 Å². The zero-order chi connectivity index (χ0) is 24.3. The summed E-state index contributed by atoms with van der Waals surface area (Å²) < 4.78 is 11.3. The molecule has 3 N–H and O–H groups in total. The van der Waals surface area contributed by atoms with Gasteiger partial charge in [0.15, 0.2) is 5.82 Å². The number of pyridine rings is 1. The smallest absolute Gasteiger partial charge is 0.319 e. The number of ether oxygens (including phenoxy) is 2. The Balaban J connectivity index is 1.36. The highest BCUT2D eigenvalue weighted by molar-refractivity contribution is 5.89. The SMILES string of the molecule is Cc1cccc(/C=N/Nc2cc(N3CCOCC3)cc(OCCNC(=O)Nc3ccccc3)n2)c1. The molecule has 0 aliphatic carbocycles.